The lowest BCUT2D eigenvalue weighted by Gasteiger charge is -2.08. The number of amides is 1. The molecule has 2 heterocycles. The van der Waals surface area contributed by atoms with Crippen LogP contribution in [0.3, 0.4) is 0 Å². The number of carbonyl (C=O) groups excluding carboxylic acids is 1. The fourth-order valence-electron chi connectivity index (χ4n) is 2.16. The summed E-state index contributed by atoms with van der Waals surface area (Å²) in [6.07, 6.45) is 1.03. The first-order valence-electron chi connectivity index (χ1n) is 7.07. The summed E-state index contributed by atoms with van der Waals surface area (Å²) in [5.74, 6) is -1.45. The second-order valence-electron chi connectivity index (χ2n) is 5.06. The van der Waals surface area contributed by atoms with Crippen LogP contribution in [0, 0.1) is 5.82 Å². The predicted octanol–water partition coefficient (Wildman–Crippen LogP) is 2.80. The van der Waals surface area contributed by atoms with Gasteiger partial charge in [0.25, 0.3) is 11.5 Å². The molecule has 2 aromatic heterocycles. The summed E-state index contributed by atoms with van der Waals surface area (Å²) in [7, 11) is 0. The van der Waals surface area contributed by atoms with E-state index in [-0.39, 0.29) is 17.8 Å². The molecule has 0 fully saturated rings. The van der Waals surface area contributed by atoms with Gasteiger partial charge >= 0.3 is 5.69 Å². The van der Waals surface area contributed by atoms with Crippen LogP contribution in [0.5, 0.6) is 0 Å². The first kappa shape index (κ1) is 17.3. The Hall–Kier alpha value is -2.52. The molecule has 128 valence electrons. The lowest BCUT2D eigenvalue weighted by molar-refractivity contribution is 0.102. The average Bonchev–Trinajstić information content (AvgIpc) is 3.07. The maximum Gasteiger partial charge on any atom is 0.328 e. The number of hydrogen-bond donors (Lipinski definition) is 2. The fourth-order valence-corrected chi connectivity index (χ4v) is 3.18. The van der Waals surface area contributed by atoms with E-state index in [0.29, 0.717) is 4.47 Å². The van der Waals surface area contributed by atoms with E-state index in [9.17, 15) is 18.8 Å². The van der Waals surface area contributed by atoms with Crippen molar-refractivity contribution in [3.63, 3.8) is 0 Å². The number of aromatic amines is 1. The third-order valence-electron chi connectivity index (χ3n) is 3.38. The minimum absolute atomic E-state index is 0.0552. The van der Waals surface area contributed by atoms with Crippen molar-refractivity contribution < 1.29 is 9.18 Å². The second-order valence-corrected chi connectivity index (χ2v) is 7.00. The number of anilines is 1. The van der Waals surface area contributed by atoms with Gasteiger partial charge in [-0.1, -0.05) is 22.0 Å². The van der Waals surface area contributed by atoms with E-state index >= 15 is 0 Å². The first-order valence-corrected chi connectivity index (χ1v) is 8.74. The second kappa shape index (κ2) is 7.16. The Morgan fingerprint density at radius 3 is 2.80 bits per heavy atom. The van der Waals surface area contributed by atoms with Crippen LogP contribution in [0.15, 0.2) is 56.0 Å². The molecule has 2 N–H and O–H groups in total. The Morgan fingerprint density at radius 1 is 1.32 bits per heavy atom. The van der Waals surface area contributed by atoms with Crippen LogP contribution >= 0.6 is 27.3 Å². The van der Waals surface area contributed by atoms with E-state index in [1.54, 1.807) is 18.2 Å². The van der Waals surface area contributed by atoms with Crippen LogP contribution < -0.4 is 16.6 Å². The third-order valence-corrected chi connectivity index (χ3v) is 4.73. The fraction of sp³-hybridized carbons (Fsp3) is 0.0625. The van der Waals surface area contributed by atoms with Crippen LogP contribution in [-0.2, 0) is 6.54 Å². The van der Waals surface area contributed by atoms with Crippen molar-refractivity contribution in [1.29, 1.82) is 0 Å². The van der Waals surface area contributed by atoms with Gasteiger partial charge in [-0.05, 0) is 29.6 Å². The molecular formula is C16H11BrFN3O3S. The molecule has 3 aromatic rings. The van der Waals surface area contributed by atoms with Crippen LogP contribution in [0.1, 0.15) is 15.2 Å². The van der Waals surface area contributed by atoms with Crippen LogP contribution in [0.2, 0.25) is 0 Å². The number of nitrogens with zero attached hydrogens (tertiary/aromatic N) is 1. The monoisotopic (exact) mass is 423 g/mol. The number of aromatic nitrogens is 2. The molecule has 25 heavy (non-hydrogen) atoms. The molecule has 0 aliphatic heterocycles. The van der Waals surface area contributed by atoms with Gasteiger partial charge in [0.15, 0.2) is 0 Å². The lowest BCUT2D eigenvalue weighted by atomic mass is 10.2. The molecule has 0 aliphatic carbocycles. The topological polar surface area (TPSA) is 84.0 Å². The van der Waals surface area contributed by atoms with Crippen LogP contribution in [-0.4, -0.2) is 15.5 Å². The van der Waals surface area contributed by atoms with Crippen molar-refractivity contribution in [3.8, 4) is 0 Å². The number of halogens is 2. The minimum Gasteiger partial charge on any atom is -0.319 e. The molecular weight excluding hydrogens is 413 g/mol. The number of thiophene rings is 1. The van der Waals surface area contributed by atoms with E-state index in [1.165, 1.54) is 23.5 Å². The van der Waals surface area contributed by atoms with Crippen LogP contribution in [0.25, 0.3) is 0 Å². The summed E-state index contributed by atoms with van der Waals surface area (Å²) in [6, 6.07) is 7.69. The van der Waals surface area contributed by atoms with Crippen molar-refractivity contribution in [3.05, 3.63) is 83.5 Å². The summed E-state index contributed by atoms with van der Waals surface area (Å²) < 4.78 is 15.3. The number of hydrogen-bond acceptors (Lipinski definition) is 4. The molecule has 1 amide bonds. The number of nitrogens with one attached hydrogen (secondary N) is 2. The van der Waals surface area contributed by atoms with Gasteiger partial charge in [-0.25, -0.2) is 9.18 Å². The maximum absolute atomic E-state index is 13.8. The van der Waals surface area contributed by atoms with Gasteiger partial charge in [-0.3, -0.25) is 14.2 Å². The van der Waals surface area contributed by atoms with E-state index in [0.717, 1.165) is 15.6 Å². The Morgan fingerprint density at radius 2 is 2.12 bits per heavy atom. The first-order chi connectivity index (χ1) is 12.0. The van der Waals surface area contributed by atoms with Gasteiger partial charge in [-0.2, -0.15) is 0 Å². The number of carbonyl (C=O) groups is 1. The van der Waals surface area contributed by atoms with Gasteiger partial charge in [0.2, 0.25) is 0 Å². The molecule has 9 heteroatoms. The zero-order valence-corrected chi connectivity index (χ0v) is 15.0. The highest BCUT2D eigenvalue weighted by molar-refractivity contribution is 9.10. The molecule has 3 rings (SSSR count). The van der Waals surface area contributed by atoms with Crippen LogP contribution in [0.4, 0.5) is 10.1 Å². The molecule has 0 bridgehead atoms. The highest BCUT2D eigenvalue weighted by atomic mass is 79.9. The van der Waals surface area contributed by atoms with Crippen molar-refractivity contribution in [2.24, 2.45) is 0 Å². The van der Waals surface area contributed by atoms with Gasteiger partial charge in [0.05, 0.1) is 12.2 Å². The summed E-state index contributed by atoms with van der Waals surface area (Å²) in [6.45, 7) is 0.0552. The van der Waals surface area contributed by atoms with Crippen molar-refractivity contribution >= 4 is 38.9 Å². The standard InChI is InChI=1S/C16H11BrFN3O3S/c17-9-3-4-13(12(18)6-9)20-14(22)11-7-19-16(24)21(15(11)23)8-10-2-1-5-25-10/h1-7H,8H2,(H,19,24)(H,20,22). The molecule has 6 nitrogen and oxygen atoms in total. The summed E-state index contributed by atoms with van der Waals surface area (Å²) in [4.78, 5) is 39.9. The molecule has 0 saturated heterocycles. The maximum atomic E-state index is 13.8. The molecule has 0 aliphatic rings. The molecule has 0 radical (unpaired) electrons. The van der Waals surface area contributed by atoms with E-state index in [4.69, 9.17) is 0 Å². The number of H-pyrrole nitrogens is 1. The van der Waals surface area contributed by atoms with Gasteiger partial charge in [-0.15, -0.1) is 11.3 Å². The Labute approximate surface area is 153 Å². The van der Waals surface area contributed by atoms with Gasteiger partial charge in [0, 0.05) is 15.5 Å². The summed E-state index contributed by atoms with van der Waals surface area (Å²) >= 11 is 4.51. The highest BCUT2D eigenvalue weighted by Gasteiger charge is 2.16. The Balaban J connectivity index is 1.93. The highest BCUT2D eigenvalue weighted by Crippen LogP contribution is 2.19. The zero-order valence-electron chi connectivity index (χ0n) is 12.6. The van der Waals surface area contributed by atoms with Gasteiger partial charge < -0.3 is 10.3 Å². The molecule has 1 aromatic carbocycles. The Bertz CT molecular complexity index is 1040. The lowest BCUT2D eigenvalue weighted by Crippen LogP contribution is -2.39. The smallest absolute Gasteiger partial charge is 0.319 e. The summed E-state index contributed by atoms with van der Waals surface area (Å²) in [5, 5.41) is 4.15. The zero-order chi connectivity index (χ0) is 18.0. The minimum atomic E-state index is -0.803. The predicted molar refractivity (Wildman–Crippen MR) is 96.8 cm³/mol. The molecule has 0 atom stereocenters. The van der Waals surface area contributed by atoms with Crippen molar-refractivity contribution in [1.82, 2.24) is 9.55 Å². The average molecular weight is 424 g/mol. The third kappa shape index (κ3) is 3.77. The quantitative estimate of drug-likeness (QED) is 0.676. The molecule has 0 saturated carbocycles. The van der Waals surface area contributed by atoms with E-state index in [2.05, 4.69) is 26.2 Å². The largest absolute Gasteiger partial charge is 0.328 e. The number of benzene rings is 1. The SMILES string of the molecule is O=C(Nc1ccc(Br)cc1F)c1c[nH]c(=O)n(Cc2cccs2)c1=O. The molecule has 0 spiro atoms. The number of rotatable bonds is 4. The van der Waals surface area contributed by atoms with Gasteiger partial charge in [0.1, 0.15) is 11.4 Å². The summed E-state index contributed by atoms with van der Waals surface area (Å²) in [5.41, 5.74) is -1.71. The van der Waals surface area contributed by atoms with E-state index in [1.807, 2.05) is 5.38 Å². The normalized spacial score (nSPS) is 10.6. The van der Waals surface area contributed by atoms with E-state index < -0.39 is 23.0 Å². The van der Waals surface area contributed by atoms with Crippen molar-refractivity contribution in [2.45, 2.75) is 6.54 Å². The molecule has 0 unspecified atom stereocenters. The van der Waals surface area contributed by atoms with Crippen molar-refractivity contribution in [2.75, 3.05) is 5.32 Å². The Kier molecular flexibility index (Phi) is 4.95.